The molecule has 1 heterocycles. The maximum absolute atomic E-state index is 12.2. The lowest BCUT2D eigenvalue weighted by atomic mass is 10.2. The van der Waals surface area contributed by atoms with Gasteiger partial charge in [0.15, 0.2) is 0 Å². The number of aromatic nitrogens is 1. The van der Waals surface area contributed by atoms with Crippen LogP contribution in [0.25, 0.3) is 0 Å². The first-order valence-electron chi connectivity index (χ1n) is 4.33. The fourth-order valence-electron chi connectivity index (χ4n) is 1.25. The zero-order valence-electron chi connectivity index (χ0n) is 8.45. The minimum absolute atomic E-state index is 0.0476. The average molecular weight is 249 g/mol. The second kappa shape index (κ2) is 4.65. The number of anilines is 1. The smallest absolute Gasteiger partial charge is 0.389 e. The van der Waals surface area contributed by atoms with Crippen molar-refractivity contribution in [3.05, 3.63) is 24.0 Å². The number of hydrogen-bond donors (Lipinski definition) is 1. The summed E-state index contributed by atoms with van der Waals surface area (Å²) in [4.78, 5) is 4.82. The molecule has 0 aliphatic carbocycles. The standard InChI is InChI=1S/C9H10F3N3S/c1-15(5-9(10,11)12)7-4-14-3-2-6(7)8(13)16/h2-4H,5H2,1H3,(H2,13,16). The van der Waals surface area contributed by atoms with Gasteiger partial charge in [-0.25, -0.2) is 0 Å². The fourth-order valence-corrected chi connectivity index (χ4v) is 1.43. The fraction of sp³-hybridized carbons (Fsp3) is 0.333. The Hall–Kier alpha value is -1.37. The van der Waals surface area contributed by atoms with Crippen LogP contribution in [0, 0.1) is 0 Å². The van der Waals surface area contributed by atoms with E-state index in [2.05, 4.69) is 4.98 Å². The van der Waals surface area contributed by atoms with Crippen LogP contribution in [0.3, 0.4) is 0 Å². The van der Waals surface area contributed by atoms with Crippen molar-refractivity contribution in [3.63, 3.8) is 0 Å². The predicted molar refractivity (Wildman–Crippen MR) is 59.4 cm³/mol. The van der Waals surface area contributed by atoms with Crippen LogP contribution in [0.2, 0.25) is 0 Å². The maximum Gasteiger partial charge on any atom is 0.405 e. The van der Waals surface area contributed by atoms with Crippen LogP contribution in [-0.2, 0) is 0 Å². The molecule has 0 spiro atoms. The lowest BCUT2D eigenvalue weighted by Crippen LogP contribution is -2.32. The molecule has 7 heteroatoms. The molecule has 16 heavy (non-hydrogen) atoms. The van der Waals surface area contributed by atoms with E-state index >= 15 is 0 Å². The molecular formula is C9H10F3N3S. The van der Waals surface area contributed by atoms with E-state index in [1.807, 2.05) is 0 Å². The highest BCUT2D eigenvalue weighted by atomic mass is 32.1. The summed E-state index contributed by atoms with van der Waals surface area (Å²) in [6, 6.07) is 1.49. The summed E-state index contributed by atoms with van der Waals surface area (Å²) in [5.41, 5.74) is 6.07. The third-order valence-electron chi connectivity index (χ3n) is 1.89. The van der Waals surface area contributed by atoms with E-state index in [0.29, 0.717) is 5.56 Å². The van der Waals surface area contributed by atoms with Crippen LogP contribution in [0.15, 0.2) is 18.5 Å². The minimum Gasteiger partial charge on any atom is -0.389 e. The van der Waals surface area contributed by atoms with Crippen LogP contribution in [-0.4, -0.2) is 29.7 Å². The molecule has 1 aromatic heterocycles. The normalized spacial score (nSPS) is 11.2. The molecule has 0 fully saturated rings. The quantitative estimate of drug-likeness (QED) is 0.828. The first kappa shape index (κ1) is 12.7. The number of alkyl halides is 3. The maximum atomic E-state index is 12.2. The Morgan fingerprint density at radius 1 is 1.56 bits per heavy atom. The SMILES string of the molecule is CN(CC(F)(F)F)c1cnccc1C(N)=S. The van der Waals surface area contributed by atoms with Crippen LogP contribution >= 0.6 is 12.2 Å². The molecule has 88 valence electrons. The van der Waals surface area contributed by atoms with E-state index in [4.69, 9.17) is 18.0 Å². The lowest BCUT2D eigenvalue weighted by Gasteiger charge is -2.22. The third kappa shape index (κ3) is 3.34. The first-order chi connectivity index (χ1) is 7.31. The molecule has 2 N–H and O–H groups in total. The van der Waals surface area contributed by atoms with Crippen molar-refractivity contribution >= 4 is 22.9 Å². The number of hydrogen-bond acceptors (Lipinski definition) is 3. The number of thiocarbonyl (C=S) groups is 1. The van der Waals surface area contributed by atoms with E-state index in [9.17, 15) is 13.2 Å². The molecule has 1 rings (SSSR count). The summed E-state index contributed by atoms with van der Waals surface area (Å²) < 4.78 is 36.6. The molecule has 0 bridgehead atoms. The van der Waals surface area contributed by atoms with Crippen molar-refractivity contribution in [1.29, 1.82) is 0 Å². The molecular weight excluding hydrogens is 239 g/mol. The Morgan fingerprint density at radius 3 is 2.69 bits per heavy atom. The van der Waals surface area contributed by atoms with Crippen molar-refractivity contribution in [1.82, 2.24) is 4.98 Å². The van der Waals surface area contributed by atoms with Crippen molar-refractivity contribution in [3.8, 4) is 0 Å². The Balaban J connectivity index is 2.99. The molecule has 0 aromatic carbocycles. The van der Waals surface area contributed by atoms with E-state index in [1.54, 1.807) is 0 Å². The highest BCUT2D eigenvalue weighted by molar-refractivity contribution is 7.80. The van der Waals surface area contributed by atoms with Gasteiger partial charge in [-0.05, 0) is 6.07 Å². The molecule has 0 unspecified atom stereocenters. The van der Waals surface area contributed by atoms with E-state index in [1.165, 1.54) is 25.5 Å². The third-order valence-corrected chi connectivity index (χ3v) is 2.11. The van der Waals surface area contributed by atoms with Crippen LogP contribution in [0.4, 0.5) is 18.9 Å². The van der Waals surface area contributed by atoms with E-state index in [-0.39, 0.29) is 10.7 Å². The van der Waals surface area contributed by atoms with Crippen LogP contribution in [0.1, 0.15) is 5.56 Å². The van der Waals surface area contributed by atoms with Gasteiger partial charge in [0.1, 0.15) is 11.5 Å². The number of halogens is 3. The topological polar surface area (TPSA) is 42.2 Å². The minimum atomic E-state index is -4.28. The van der Waals surface area contributed by atoms with Gasteiger partial charge in [0.2, 0.25) is 0 Å². The Morgan fingerprint density at radius 2 is 2.19 bits per heavy atom. The molecule has 1 aromatic rings. The zero-order valence-corrected chi connectivity index (χ0v) is 9.27. The molecule has 0 saturated heterocycles. The summed E-state index contributed by atoms with van der Waals surface area (Å²) >= 11 is 4.75. The van der Waals surface area contributed by atoms with Gasteiger partial charge >= 0.3 is 6.18 Å². The van der Waals surface area contributed by atoms with Gasteiger partial charge in [-0.2, -0.15) is 13.2 Å². The number of rotatable bonds is 3. The molecule has 0 atom stereocenters. The summed E-state index contributed by atoms with van der Waals surface area (Å²) in [5.74, 6) is 0. The Labute approximate surface area is 96.1 Å². The van der Waals surface area contributed by atoms with Crippen LogP contribution in [0.5, 0.6) is 0 Å². The molecule has 0 amide bonds. The predicted octanol–water partition coefficient (Wildman–Crippen LogP) is 1.71. The van der Waals surface area contributed by atoms with Gasteiger partial charge in [0.25, 0.3) is 0 Å². The average Bonchev–Trinajstić information content (AvgIpc) is 2.15. The second-order valence-corrected chi connectivity index (χ2v) is 3.67. The molecule has 0 saturated carbocycles. The Kier molecular flexibility index (Phi) is 3.69. The monoisotopic (exact) mass is 249 g/mol. The second-order valence-electron chi connectivity index (χ2n) is 3.23. The number of nitrogens with two attached hydrogens (primary N) is 1. The van der Waals surface area contributed by atoms with Crippen molar-refractivity contribution in [2.45, 2.75) is 6.18 Å². The summed E-state index contributed by atoms with van der Waals surface area (Å²) in [6.45, 7) is -1.08. The Bertz CT molecular complexity index is 392. The van der Waals surface area contributed by atoms with Crippen molar-refractivity contribution in [2.75, 3.05) is 18.5 Å². The molecule has 0 aliphatic rings. The van der Waals surface area contributed by atoms with Gasteiger partial charge in [-0.15, -0.1) is 0 Å². The largest absolute Gasteiger partial charge is 0.405 e. The van der Waals surface area contributed by atoms with Gasteiger partial charge in [0.05, 0.1) is 11.9 Å². The summed E-state index contributed by atoms with van der Waals surface area (Å²) in [7, 11) is 1.31. The summed E-state index contributed by atoms with van der Waals surface area (Å²) in [5, 5.41) is 0. The van der Waals surface area contributed by atoms with Crippen molar-refractivity contribution < 1.29 is 13.2 Å². The highest BCUT2D eigenvalue weighted by Gasteiger charge is 2.30. The first-order valence-corrected chi connectivity index (χ1v) is 4.74. The van der Waals surface area contributed by atoms with Gasteiger partial charge in [-0.1, -0.05) is 12.2 Å². The van der Waals surface area contributed by atoms with E-state index < -0.39 is 12.7 Å². The van der Waals surface area contributed by atoms with Gasteiger partial charge in [-0.3, -0.25) is 4.98 Å². The number of nitrogens with zero attached hydrogens (tertiary/aromatic N) is 2. The summed E-state index contributed by atoms with van der Waals surface area (Å²) in [6.07, 6.45) is -1.54. The molecule has 0 radical (unpaired) electrons. The molecule has 0 aliphatic heterocycles. The van der Waals surface area contributed by atoms with Gasteiger partial charge < -0.3 is 10.6 Å². The van der Waals surface area contributed by atoms with Gasteiger partial charge in [0, 0.05) is 18.8 Å². The highest BCUT2D eigenvalue weighted by Crippen LogP contribution is 2.23. The lowest BCUT2D eigenvalue weighted by molar-refractivity contribution is -0.119. The zero-order chi connectivity index (χ0) is 12.3. The number of pyridine rings is 1. The molecule has 3 nitrogen and oxygen atoms in total. The van der Waals surface area contributed by atoms with Crippen molar-refractivity contribution in [2.24, 2.45) is 5.73 Å². The van der Waals surface area contributed by atoms with Crippen LogP contribution < -0.4 is 10.6 Å². The van der Waals surface area contributed by atoms with E-state index in [0.717, 1.165) is 4.90 Å².